The fourth-order valence-electron chi connectivity index (χ4n) is 3.97. The molecule has 0 spiro atoms. The Labute approximate surface area is 194 Å². The Balaban J connectivity index is 1.58. The van der Waals surface area contributed by atoms with Crippen LogP contribution in [0.2, 0.25) is 0 Å². The van der Waals surface area contributed by atoms with Crippen LogP contribution in [0.4, 0.5) is 0 Å². The van der Waals surface area contributed by atoms with Crippen LogP contribution in [-0.2, 0) is 4.79 Å². The maximum absolute atomic E-state index is 12.3. The molecule has 1 aromatic rings. The number of hydrogen-bond acceptors (Lipinski definition) is 7. The first kappa shape index (κ1) is 22.2. The SMILES string of the molecule is CC#CC(=O)N1CCC[C@H](NC2=C3C=NC=C3NCN2C#Cc2cc(OC)cc(OC)c2)C1. The summed E-state index contributed by atoms with van der Waals surface area (Å²) >= 11 is 0. The lowest BCUT2D eigenvalue weighted by molar-refractivity contribution is -0.126. The van der Waals surface area contributed by atoms with Crippen molar-refractivity contribution in [3.63, 3.8) is 0 Å². The van der Waals surface area contributed by atoms with E-state index in [0.29, 0.717) is 24.7 Å². The normalized spacial score (nSPS) is 18.8. The molecular formula is C25H27N5O3. The standard InChI is InChI=1S/C25H27N5O3/c1-4-6-24(31)29-9-5-7-19(16-29)28-25-22-14-26-15-23(22)27-17-30(25)10-8-18-11-20(32-2)13-21(12-18)33-3/h11-15,19,27-28H,5,7,9,16-17H2,1-3H3/t19-/m0/s1. The number of hydrogen-bond donors (Lipinski definition) is 2. The number of carbonyl (C=O) groups excluding carboxylic acids is 1. The van der Waals surface area contributed by atoms with Gasteiger partial charge in [0.15, 0.2) is 0 Å². The molecule has 0 aromatic heterocycles. The third-order valence-corrected chi connectivity index (χ3v) is 5.62. The molecule has 33 heavy (non-hydrogen) atoms. The molecule has 0 bridgehead atoms. The molecule has 4 rings (SSSR count). The number of nitrogens with zero attached hydrogens (tertiary/aromatic N) is 3. The molecular weight excluding hydrogens is 418 g/mol. The molecule has 0 radical (unpaired) electrons. The molecule has 3 aliphatic heterocycles. The van der Waals surface area contributed by atoms with Gasteiger partial charge in [0, 0.05) is 43.0 Å². The van der Waals surface area contributed by atoms with E-state index in [1.807, 2.05) is 40.4 Å². The van der Waals surface area contributed by atoms with Crippen LogP contribution in [0.1, 0.15) is 25.3 Å². The highest BCUT2D eigenvalue weighted by Crippen LogP contribution is 2.24. The first-order chi connectivity index (χ1) is 16.1. The van der Waals surface area contributed by atoms with E-state index in [1.165, 1.54) is 0 Å². The van der Waals surface area contributed by atoms with Crippen molar-refractivity contribution in [2.45, 2.75) is 25.8 Å². The first-order valence-corrected chi connectivity index (χ1v) is 10.8. The van der Waals surface area contributed by atoms with Crippen LogP contribution in [0.3, 0.4) is 0 Å². The van der Waals surface area contributed by atoms with Crippen LogP contribution in [-0.4, -0.2) is 61.9 Å². The number of carbonyl (C=O) groups is 1. The van der Waals surface area contributed by atoms with Gasteiger partial charge in [-0.25, -0.2) is 0 Å². The van der Waals surface area contributed by atoms with Crippen LogP contribution in [0.5, 0.6) is 11.5 Å². The smallest absolute Gasteiger partial charge is 0.298 e. The second-order valence-corrected chi connectivity index (χ2v) is 7.79. The fraction of sp³-hybridized carbons (Fsp3) is 0.360. The van der Waals surface area contributed by atoms with E-state index >= 15 is 0 Å². The molecule has 1 aromatic carbocycles. The molecule has 1 amide bonds. The molecule has 1 atom stereocenters. The Hall–Kier alpha value is -4.04. The molecule has 3 aliphatic rings. The lowest BCUT2D eigenvalue weighted by Crippen LogP contribution is -2.51. The number of likely N-dealkylation sites (tertiary alicyclic amines) is 1. The Bertz CT molecular complexity index is 1120. The summed E-state index contributed by atoms with van der Waals surface area (Å²) in [5, 5.41) is 6.98. The number of methoxy groups -OCH3 is 2. The van der Waals surface area contributed by atoms with E-state index in [1.54, 1.807) is 21.1 Å². The summed E-state index contributed by atoms with van der Waals surface area (Å²) in [6.07, 6.45) is 5.50. The summed E-state index contributed by atoms with van der Waals surface area (Å²) in [6, 6.07) is 8.89. The van der Waals surface area contributed by atoms with Crippen LogP contribution in [0, 0.1) is 23.8 Å². The molecule has 0 aliphatic carbocycles. The number of amides is 1. The van der Waals surface area contributed by atoms with Gasteiger partial charge in [0.1, 0.15) is 24.0 Å². The minimum Gasteiger partial charge on any atom is -0.497 e. The lowest BCUT2D eigenvalue weighted by atomic mass is 10.0. The molecule has 1 saturated heterocycles. The summed E-state index contributed by atoms with van der Waals surface area (Å²) in [7, 11) is 3.23. The van der Waals surface area contributed by atoms with Crippen LogP contribution in [0.25, 0.3) is 0 Å². The Kier molecular flexibility index (Phi) is 6.75. The minimum atomic E-state index is -0.126. The van der Waals surface area contributed by atoms with E-state index in [4.69, 9.17) is 9.47 Å². The number of fused-ring (bicyclic) bond motifs is 1. The van der Waals surface area contributed by atoms with Gasteiger partial charge in [-0.1, -0.05) is 5.92 Å². The first-order valence-electron chi connectivity index (χ1n) is 10.8. The topological polar surface area (TPSA) is 78.4 Å². The number of benzene rings is 1. The predicted molar refractivity (Wildman–Crippen MR) is 126 cm³/mol. The zero-order chi connectivity index (χ0) is 23.2. The minimum absolute atomic E-state index is 0.0958. The van der Waals surface area contributed by atoms with Gasteiger partial charge in [-0.2, -0.15) is 0 Å². The molecule has 1 fully saturated rings. The van der Waals surface area contributed by atoms with Crippen molar-refractivity contribution < 1.29 is 14.3 Å². The number of aliphatic imine (C=N–C) groups is 1. The van der Waals surface area contributed by atoms with Gasteiger partial charge >= 0.3 is 0 Å². The summed E-state index contributed by atoms with van der Waals surface area (Å²) in [5.74, 6) is 10.7. The second kappa shape index (κ2) is 10.1. The Morgan fingerprint density at radius 1 is 1.24 bits per heavy atom. The second-order valence-electron chi connectivity index (χ2n) is 7.79. The Morgan fingerprint density at radius 3 is 2.76 bits per heavy atom. The molecule has 2 N–H and O–H groups in total. The van der Waals surface area contributed by atoms with Crippen molar-refractivity contribution in [2.75, 3.05) is 34.0 Å². The number of nitrogens with one attached hydrogen (secondary N) is 2. The maximum Gasteiger partial charge on any atom is 0.298 e. The van der Waals surface area contributed by atoms with E-state index in [9.17, 15) is 4.79 Å². The van der Waals surface area contributed by atoms with Crippen LogP contribution >= 0.6 is 0 Å². The van der Waals surface area contributed by atoms with E-state index in [0.717, 1.165) is 42.0 Å². The van der Waals surface area contributed by atoms with E-state index < -0.39 is 0 Å². The van der Waals surface area contributed by atoms with Gasteiger partial charge in [-0.3, -0.25) is 14.7 Å². The van der Waals surface area contributed by atoms with Gasteiger partial charge in [-0.15, -0.1) is 0 Å². The molecule has 0 saturated carbocycles. The molecule has 170 valence electrons. The van der Waals surface area contributed by atoms with Crippen molar-refractivity contribution >= 4 is 12.1 Å². The van der Waals surface area contributed by atoms with Crippen molar-refractivity contribution in [3.05, 3.63) is 47.1 Å². The van der Waals surface area contributed by atoms with Gasteiger partial charge in [-0.05, 0) is 43.7 Å². The number of piperidine rings is 1. The lowest BCUT2D eigenvalue weighted by Gasteiger charge is -2.37. The van der Waals surface area contributed by atoms with Gasteiger partial charge in [0.2, 0.25) is 0 Å². The third-order valence-electron chi connectivity index (χ3n) is 5.62. The van der Waals surface area contributed by atoms with Crippen molar-refractivity contribution in [1.82, 2.24) is 20.4 Å². The quantitative estimate of drug-likeness (QED) is 0.686. The summed E-state index contributed by atoms with van der Waals surface area (Å²) in [5.41, 5.74) is 2.69. The molecule has 3 heterocycles. The largest absolute Gasteiger partial charge is 0.497 e. The van der Waals surface area contributed by atoms with Crippen LogP contribution in [0.15, 0.2) is 46.5 Å². The van der Waals surface area contributed by atoms with Gasteiger partial charge in [0.05, 0.1) is 31.7 Å². The maximum atomic E-state index is 12.3. The zero-order valence-electron chi connectivity index (χ0n) is 19.1. The Morgan fingerprint density at radius 2 is 2.03 bits per heavy atom. The van der Waals surface area contributed by atoms with Crippen molar-refractivity contribution in [1.29, 1.82) is 0 Å². The van der Waals surface area contributed by atoms with Crippen molar-refractivity contribution in [3.8, 4) is 35.3 Å². The van der Waals surface area contributed by atoms with E-state index in [2.05, 4.69) is 39.4 Å². The number of allylic oxidation sites excluding steroid dienone is 1. The average molecular weight is 446 g/mol. The molecule has 0 unspecified atom stereocenters. The van der Waals surface area contributed by atoms with Gasteiger partial charge < -0.3 is 25.0 Å². The van der Waals surface area contributed by atoms with Crippen molar-refractivity contribution in [2.24, 2.45) is 4.99 Å². The summed E-state index contributed by atoms with van der Waals surface area (Å²) in [6.45, 7) is 3.52. The monoisotopic (exact) mass is 445 g/mol. The molecule has 8 heteroatoms. The molecule has 8 nitrogen and oxygen atoms in total. The fourth-order valence-corrected chi connectivity index (χ4v) is 3.97. The highest BCUT2D eigenvalue weighted by atomic mass is 16.5. The third kappa shape index (κ3) is 5.07. The summed E-state index contributed by atoms with van der Waals surface area (Å²) in [4.78, 5) is 20.3. The van der Waals surface area contributed by atoms with Gasteiger partial charge in [0.25, 0.3) is 5.91 Å². The highest BCUT2D eigenvalue weighted by Gasteiger charge is 2.28. The number of ether oxygens (including phenoxy) is 2. The van der Waals surface area contributed by atoms with Crippen LogP contribution < -0.4 is 20.1 Å². The number of rotatable bonds is 4. The predicted octanol–water partition coefficient (Wildman–Crippen LogP) is 1.62. The summed E-state index contributed by atoms with van der Waals surface area (Å²) < 4.78 is 10.7. The zero-order valence-corrected chi connectivity index (χ0v) is 19.1. The highest BCUT2D eigenvalue weighted by molar-refractivity contribution is 5.93. The average Bonchev–Trinajstić information content (AvgIpc) is 3.33. The van der Waals surface area contributed by atoms with E-state index in [-0.39, 0.29) is 11.9 Å².